The van der Waals surface area contributed by atoms with E-state index in [2.05, 4.69) is 20.4 Å². The largest absolute Gasteiger partial charge is 0.361 e. The van der Waals surface area contributed by atoms with Gasteiger partial charge in [0, 0.05) is 11.6 Å². The van der Waals surface area contributed by atoms with Crippen LogP contribution in [0.2, 0.25) is 0 Å². The topological polar surface area (TPSA) is 83.8 Å². The van der Waals surface area contributed by atoms with Gasteiger partial charge >= 0.3 is 0 Å². The molecule has 0 bridgehead atoms. The highest BCUT2D eigenvalue weighted by atomic mass is 16.5. The Bertz CT molecular complexity index is 1040. The summed E-state index contributed by atoms with van der Waals surface area (Å²) >= 11 is 0. The quantitative estimate of drug-likeness (QED) is 0.578. The summed E-state index contributed by atoms with van der Waals surface area (Å²) in [6, 6.07) is 17.1. The van der Waals surface area contributed by atoms with E-state index in [0.717, 1.165) is 16.5 Å². The number of aromatic amines is 1. The molecule has 0 saturated carbocycles. The second-order valence-corrected chi connectivity index (χ2v) is 6.12. The molecule has 6 heteroatoms. The molecule has 0 unspecified atom stereocenters. The van der Waals surface area contributed by atoms with E-state index in [4.69, 9.17) is 4.52 Å². The zero-order valence-corrected chi connectivity index (χ0v) is 14.3. The van der Waals surface area contributed by atoms with Crippen molar-refractivity contribution in [3.63, 3.8) is 0 Å². The van der Waals surface area contributed by atoms with Crippen molar-refractivity contribution in [2.75, 3.05) is 0 Å². The maximum Gasteiger partial charge on any atom is 0.253 e. The van der Waals surface area contributed by atoms with Crippen molar-refractivity contribution in [3.8, 4) is 0 Å². The van der Waals surface area contributed by atoms with Crippen molar-refractivity contribution in [3.05, 3.63) is 83.6 Å². The van der Waals surface area contributed by atoms with Crippen LogP contribution in [-0.4, -0.2) is 21.0 Å². The lowest BCUT2D eigenvalue weighted by molar-refractivity contribution is 0.0936. The highest BCUT2D eigenvalue weighted by molar-refractivity contribution is 6.05. The summed E-state index contributed by atoms with van der Waals surface area (Å²) in [5, 5.41) is 7.93. The van der Waals surface area contributed by atoms with E-state index in [0.29, 0.717) is 23.7 Å². The number of hydrogen-bond acceptors (Lipinski definition) is 4. The van der Waals surface area contributed by atoms with E-state index in [9.17, 15) is 4.79 Å². The fourth-order valence-electron chi connectivity index (χ4n) is 3.05. The Morgan fingerprint density at radius 2 is 2.00 bits per heavy atom. The molecule has 0 saturated heterocycles. The van der Waals surface area contributed by atoms with Crippen LogP contribution in [0.3, 0.4) is 0 Å². The lowest BCUT2D eigenvalue weighted by Gasteiger charge is -2.18. The molecule has 130 valence electrons. The summed E-state index contributed by atoms with van der Waals surface area (Å²) in [7, 11) is 0. The lowest BCUT2D eigenvalue weighted by Crippen LogP contribution is -2.30. The highest BCUT2D eigenvalue weighted by Gasteiger charge is 2.20. The zero-order valence-electron chi connectivity index (χ0n) is 14.3. The second kappa shape index (κ2) is 6.84. The van der Waals surface area contributed by atoms with E-state index in [-0.39, 0.29) is 11.9 Å². The number of para-hydroxylation sites is 1. The number of aryl methyl sites for hydroxylation is 1. The van der Waals surface area contributed by atoms with Crippen molar-refractivity contribution in [2.45, 2.75) is 19.4 Å². The summed E-state index contributed by atoms with van der Waals surface area (Å²) in [5.74, 6) is 0.923. The third-order valence-corrected chi connectivity index (χ3v) is 4.29. The number of hydrogen-bond donors (Lipinski definition) is 2. The van der Waals surface area contributed by atoms with Crippen LogP contribution in [0.4, 0.5) is 0 Å². The van der Waals surface area contributed by atoms with Gasteiger partial charge in [-0.2, -0.15) is 4.98 Å². The maximum atomic E-state index is 12.9. The van der Waals surface area contributed by atoms with Crippen LogP contribution in [0.1, 0.15) is 33.7 Å². The van der Waals surface area contributed by atoms with Gasteiger partial charge in [0.15, 0.2) is 5.82 Å². The highest BCUT2D eigenvalue weighted by Crippen LogP contribution is 2.21. The Balaban J connectivity index is 1.63. The molecule has 0 radical (unpaired) electrons. The Kier molecular flexibility index (Phi) is 4.23. The third kappa shape index (κ3) is 3.21. The molecule has 0 aliphatic heterocycles. The van der Waals surface area contributed by atoms with E-state index >= 15 is 0 Å². The molecule has 2 aromatic carbocycles. The molecular weight excluding hydrogens is 328 g/mol. The predicted molar refractivity (Wildman–Crippen MR) is 97.7 cm³/mol. The fourth-order valence-corrected chi connectivity index (χ4v) is 3.05. The van der Waals surface area contributed by atoms with Gasteiger partial charge < -0.3 is 14.8 Å². The van der Waals surface area contributed by atoms with Gasteiger partial charge in [-0.3, -0.25) is 4.79 Å². The minimum absolute atomic E-state index is 0.150. The minimum atomic E-state index is -0.270. The van der Waals surface area contributed by atoms with Crippen molar-refractivity contribution < 1.29 is 9.32 Å². The van der Waals surface area contributed by atoms with Crippen LogP contribution in [0.25, 0.3) is 10.9 Å². The van der Waals surface area contributed by atoms with Crippen molar-refractivity contribution in [1.82, 2.24) is 20.4 Å². The van der Waals surface area contributed by atoms with Crippen molar-refractivity contribution in [1.29, 1.82) is 0 Å². The first kappa shape index (κ1) is 16.1. The smallest absolute Gasteiger partial charge is 0.253 e. The van der Waals surface area contributed by atoms with E-state index in [1.165, 1.54) is 0 Å². The predicted octanol–water partition coefficient (Wildman–Crippen LogP) is 3.57. The van der Waals surface area contributed by atoms with Crippen LogP contribution in [0.5, 0.6) is 0 Å². The van der Waals surface area contributed by atoms with Gasteiger partial charge in [0.25, 0.3) is 5.91 Å². The standard InChI is InChI=1S/C20H18N4O2/c1-13-22-18(26-24-13)12-17(14-6-3-2-4-7-14)23-20(25)16-9-5-8-15-10-11-21-19(15)16/h2-11,17,21H,12H2,1H3,(H,23,25)/t17-/m1/s1. The molecule has 26 heavy (non-hydrogen) atoms. The van der Waals surface area contributed by atoms with Gasteiger partial charge in [0.05, 0.1) is 23.5 Å². The summed E-state index contributed by atoms with van der Waals surface area (Å²) in [5.41, 5.74) is 2.41. The van der Waals surface area contributed by atoms with Crippen molar-refractivity contribution in [2.24, 2.45) is 0 Å². The van der Waals surface area contributed by atoms with Gasteiger partial charge in [0.2, 0.25) is 5.89 Å². The summed E-state index contributed by atoms with van der Waals surface area (Å²) in [6.07, 6.45) is 2.26. The fraction of sp³-hybridized carbons (Fsp3) is 0.150. The molecule has 2 heterocycles. The SMILES string of the molecule is Cc1noc(C[C@@H](NC(=O)c2cccc3cc[nH]c23)c2ccccc2)n1. The number of benzene rings is 2. The molecule has 0 fully saturated rings. The number of carbonyl (C=O) groups excluding carboxylic acids is 1. The third-order valence-electron chi connectivity index (χ3n) is 4.29. The first-order chi connectivity index (χ1) is 12.7. The van der Waals surface area contributed by atoms with Crippen molar-refractivity contribution >= 4 is 16.8 Å². The summed E-state index contributed by atoms with van der Waals surface area (Å²) in [4.78, 5) is 20.3. The molecule has 0 aliphatic carbocycles. The zero-order chi connectivity index (χ0) is 17.9. The number of nitrogens with one attached hydrogen (secondary N) is 2. The number of rotatable bonds is 5. The van der Waals surface area contributed by atoms with Crippen LogP contribution in [0.15, 0.2) is 65.3 Å². The van der Waals surface area contributed by atoms with E-state index in [1.807, 2.05) is 60.8 Å². The Labute approximate surface area is 150 Å². The second-order valence-electron chi connectivity index (χ2n) is 6.12. The van der Waals surface area contributed by atoms with Crippen LogP contribution >= 0.6 is 0 Å². The molecule has 1 atom stereocenters. The molecule has 4 aromatic rings. The van der Waals surface area contributed by atoms with E-state index < -0.39 is 0 Å². The van der Waals surface area contributed by atoms with Crippen LogP contribution in [-0.2, 0) is 6.42 Å². The average molecular weight is 346 g/mol. The number of nitrogens with zero attached hydrogens (tertiary/aromatic N) is 2. The molecule has 0 spiro atoms. The van der Waals surface area contributed by atoms with Gasteiger partial charge in [-0.15, -0.1) is 0 Å². The minimum Gasteiger partial charge on any atom is -0.361 e. The van der Waals surface area contributed by atoms with Crippen LogP contribution < -0.4 is 5.32 Å². The Morgan fingerprint density at radius 3 is 2.77 bits per heavy atom. The molecular formula is C20H18N4O2. The number of carbonyl (C=O) groups is 1. The average Bonchev–Trinajstić information content (AvgIpc) is 3.30. The van der Waals surface area contributed by atoms with Gasteiger partial charge in [-0.25, -0.2) is 0 Å². The molecule has 0 aliphatic rings. The normalized spacial score (nSPS) is 12.2. The number of H-pyrrole nitrogens is 1. The molecule has 1 amide bonds. The molecule has 6 nitrogen and oxygen atoms in total. The van der Waals surface area contributed by atoms with Gasteiger partial charge in [-0.1, -0.05) is 47.6 Å². The van der Waals surface area contributed by atoms with E-state index in [1.54, 1.807) is 6.92 Å². The summed E-state index contributed by atoms with van der Waals surface area (Å²) < 4.78 is 5.24. The summed E-state index contributed by atoms with van der Waals surface area (Å²) in [6.45, 7) is 1.77. The molecule has 2 aromatic heterocycles. The first-order valence-electron chi connectivity index (χ1n) is 8.42. The maximum absolute atomic E-state index is 12.9. The molecule has 4 rings (SSSR count). The Morgan fingerprint density at radius 1 is 1.15 bits per heavy atom. The van der Waals surface area contributed by atoms with Gasteiger partial charge in [0.1, 0.15) is 0 Å². The number of fused-ring (bicyclic) bond motifs is 1. The number of amides is 1. The monoisotopic (exact) mass is 346 g/mol. The first-order valence-corrected chi connectivity index (χ1v) is 8.42. The van der Waals surface area contributed by atoms with Crippen LogP contribution in [0, 0.1) is 6.92 Å². The lowest BCUT2D eigenvalue weighted by atomic mass is 10.0. The number of aromatic nitrogens is 3. The Hall–Kier alpha value is -3.41. The molecule has 2 N–H and O–H groups in total. The van der Waals surface area contributed by atoms with Gasteiger partial charge in [-0.05, 0) is 24.6 Å².